The van der Waals surface area contributed by atoms with Crippen LogP contribution in [0.2, 0.25) is 0 Å². The highest BCUT2D eigenvalue weighted by Gasteiger charge is 2.12. The van der Waals surface area contributed by atoms with Crippen LogP contribution in [0.15, 0.2) is 41.2 Å². The van der Waals surface area contributed by atoms with Gasteiger partial charge in [-0.05, 0) is 16.8 Å². The number of rotatable bonds is 2. The number of carbonyl (C=O) groups is 1. The smallest absolute Gasteiger partial charge is 0.324 e. The summed E-state index contributed by atoms with van der Waals surface area (Å²) in [4.78, 5) is 22.9. The minimum Gasteiger partial charge on any atom is -0.480 e. The Kier molecular flexibility index (Phi) is 2.41. The summed E-state index contributed by atoms with van der Waals surface area (Å²) >= 11 is 1.19. The van der Waals surface area contributed by atoms with E-state index in [0.29, 0.717) is 5.39 Å². The number of carboxylic acids is 1. The van der Waals surface area contributed by atoms with E-state index in [2.05, 4.69) is 0 Å². The molecule has 0 unspecified atom stereocenters. The highest BCUT2D eigenvalue weighted by atomic mass is 32.1. The van der Waals surface area contributed by atoms with Crippen LogP contribution in [0, 0.1) is 0 Å². The molecule has 1 aromatic heterocycles. The van der Waals surface area contributed by atoms with Crippen LogP contribution >= 0.6 is 11.5 Å². The third kappa shape index (κ3) is 1.60. The van der Waals surface area contributed by atoms with Crippen molar-refractivity contribution in [3.63, 3.8) is 0 Å². The Morgan fingerprint density at radius 2 is 2.00 bits per heavy atom. The Labute approximate surface area is 106 Å². The predicted molar refractivity (Wildman–Crippen MR) is 71.2 cm³/mol. The molecule has 3 rings (SSSR count). The van der Waals surface area contributed by atoms with Gasteiger partial charge in [0.05, 0.1) is 10.1 Å². The summed E-state index contributed by atoms with van der Waals surface area (Å²) in [5.41, 5.74) is -0.228. The van der Waals surface area contributed by atoms with Gasteiger partial charge in [0.1, 0.15) is 6.54 Å². The molecular formula is C13H9NO3S. The van der Waals surface area contributed by atoms with Gasteiger partial charge < -0.3 is 5.11 Å². The molecular weight excluding hydrogens is 250 g/mol. The van der Waals surface area contributed by atoms with E-state index in [-0.39, 0.29) is 12.1 Å². The highest BCUT2D eigenvalue weighted by molar-refractivity contribution is 7.14. The number of aliphatic carboxylic acids is 1. The van der Waals surface area contributed by atoms with Gasteiger partial charge in [-0.1, -0.05) is 41.9 Å². The maximum atomic E-state index is 12.2. The van der Waals surface area contributed by atoms with Crippen molar-refractivity contribution in [2.24, 2.45) is 0 Å². The van der Waals surface area contributed by atoms with Crippen molar-refractivity contribution >= 4 is 38.4 Å². The van der Waals surface area contributed by atoms with E-state index in [9.17, 15) is 9.59 Å². The van der Waals surface area contributed by atoms with Gasteiger partial charge in [0.15, 0.2) is 0 Å². The van der Waals surface area contributed by atoms with Gasteiger partial charge in [-0.3, -0.25) is 13.5 Å². The summed E-state index contributed by atoms with van der Waals surface area (Å²) in [6, 6.07) is 11.4. The molecule has 90 valence electrons. The van der Waals surface area contributed by atoms with Crippen LogP contribution in [0.3, 0.4) is 0 Å². The molecule has 0 aliphatic rings. The molecule has 1 heterocycles. The van der Waals surface area contributed by atoms with Gasteiger partial charge >= 0.3 is 5.97 Å². The zero-order valence-electron chi connectivity index (χ0n) is 9.29. The lowest BCUT2D eigenvalue weighted by Crippen LogP contribution is -2.18. The average molecular weight is 259 g/mol. The van der Waals surface area contributed by atoms with E-state index < -0.39 is 5.97 Å². The Morgan fingerprint density at radius 3 is 2.78 bits per heavy atom. The Morgan fingerprint density at radius 1 is 1.22 bits per heavy atom. The van der Waals surface area contributed by atoms with Crippen molar-refractivity contribution in [2.75, 3.05) is 0 Å². The fourth-order valence-electron chi connectivity index (χ4n) is 2.06. The van der Waals surface area contributed by atoms with Crippen LogP contribution in [0.4, 0.5) is 0 Å². The summed E-state index contributed by atoms with van der Waals surface area (Å²) in [6.45, 7) is -0.285. The quantitative estimate of drug-likeness (QED) is 0.768. The topological polar surface area (TPSA) is 59.3 Å². The molecule has 4 nitrogen and oxygen atoms in total. The molecule has 0 aliphatic heterocycles. The van der Waals surface area contributed by atoms with Gasteiger partial charge in [-0.15, -0.1) is 0 Å². The molecule has 0 atom stereocenters. The van der Waals surface area contributed by atoms with Crippen LogP contribution in [0.5, 0.6) is 0 Å². The highest BCUT2D eigenvalue weighted by Crippen LogP contribution is 2.25. The average Bonchev–Trinajstić information content (AvgIpc) is 2.66. The van der Waals surface area contributed by atoms with Crippen LogP contribution < -0.4 is 5.56 Å². The lowest BCUT2D eigenvalue weighted by molar-refractivity contribution is -0.137. The molecule has 0 radical (unpaired) electrons. The van der Waals surface area contributed by atoms with Crippen molar-refractivity contribution in [1.29, 1.82) is 0 Å². The molecule has 18 heavy (non-hydrogen) atoms. The first kappa shape index (κ1) is 11.0. The molecule has 0 spiro atoms. The minimum atomic E-state index is -1.01. The summed E-state index contributed by atoms with van der Waals surface area (Å²) in [6.07, 6.45) is 0. The largest absolute Gasteiger partial charge is 0.480 e. The summed E-state index contributed by atoms with van der Waals surface area (Å²) in [5, 5.41) is 11.3. The van der Waals surface area contributed by atoms with Crippen LogP contribution in [0.1, 0.15) is 0 Å². The molecule has 3 aromatic rings. The number of aromatic nitrogens is 1. The van der Waals surface area contributed by atoms with E-state index in [1.165, 1.54) is 15.5 Å². The van der Waals surface area contributed by atoms with Crippen molar-refractivity contribution in [1.82, 2.24) is 3.96 Å². The molecule has 0 aliphatic carbocycles. The second-order valence-electron chi connectivity index (χ2n) is 3.99. The summed E-state index contributed by atoms with van der Waals surface area (Å²) in [5.74, 6) is -1.01. The second kappa shape index (κ2) is 3.96. The third-order valence-electron chi connectivity index (χ3n) is 2.82. The lowest BCUT2D eigenvalue weighted by atomic mass is 10.1. The van der Waals surface area contributed by atoms with Gasteiger partial charge in [0.2, 0.25) is 0 Å². The van der Waals surface area contributed by atoms with Gasteiger partial charge in [0.25, 0.3) is 5.56 Å². The molecule has 5 heteroatoms. The number of hydrogen-bond donors (Lipinski definition) is 1. The van der Waals surface area contributed by atoms with E-state index in [1.54, 1.807) is 0 Å². The van der Waals surface area contributed by atoms with Crippen molar-refractivity contribution in [2.45, 2.75) is 6.54 Å². The Hall–Kier alpha value is -2.14. The van der Waals surface area contributed by atoms with E-state index >= 15 is 0 Å². The number of benzene rings is 2. The fourth-order valence-corrected chi connectivity index (χ4v) is 3.06. The normalized spacial score (nSPS) is 11.1. The SMILES string of the molecule is O=C(O)Cn1sc2ccc3ccccc3c2c1=O. The Bertz CT molecular complexity index is 816. The molecule has 0 saturated carbocycles. The van der Waals surface area contributed by atoms with Crippen LogP contribution in [0.25, 0.3) is 20.9 Å². The third-order valence-corrected chi connectivity index (χ3v) is 3.87. The molecule has 0 fully saturated rings. The van der Waals surface area contributed by atoms with Gasteiger partial charge in [0, 0.05) is 0 Å². The van der Waals surface area contributed by atoms with E-state index in [1.807, 2.05) is 36.4 Å². The number of nitrogens with zero attached hydrogens (tertiary/aromatic N) is 1. The zero-order valence-corrected chi connectivity index (χ0v) is 10.1. The molecule has 1 N–H and O–H groups in total. The monoisotopic (exact) mass is 259 g/mol. The fraction of sp³-hybridized carbons (Fsp3) is 0.0769. The molecule has 0 bridgehead atoms. The predicted octanol–water partition coefficient (Wildman–Crippen LogP) is 2.30. The van der Waals surface area contributed by atoms with Crippen molar-refractivity contribution in [3.8, 4) is 0 Å². The van der Waals surface area contributed by atoms with Crippen LogP contribution in [-0.2, 0) is 11.3 Å². The first-order valence-electron chi connectivity index (χ1n) is 5.40. The molecule has 2 aromatic carbocycles. The van der Waals surface area contributed by atoms with Crippen LogP contribution in [-0.4, -0.2) is 15.0 Å². The van der Waals surface area contributed by atoms with Gasteiger partial charge in [-0.25, -0.2) is 0 Å². The van der Waals surface area contributed by atoms with Gasteiger partial charge in [-0.2, -0.15) is 0 Å². The Balaban J connectivity index is 2.40. The first-order valence-corrected chi connectivity index (χ1v) is 6.17. The minimum absolute atomic E-state index is 0.228. The maximum Gasteiger partial charge on any atom is 0.324 e. The van der Waals surface area contributed by atoms with Crippen molar-refractivity contribution < 1.29 is 9.90 Å². The van der Waals surface area contributed by atoms with Crippen molar-refractivity contribution in [3.05, 3.63) is 46.8 Å². The van der Waals surface area contributed by atoms with E-state index in [0.717, 1.165) is 15.5 Å². The number of fused-ring (bicyclic) bond motifs is 3. The lowest BCUT2D eigenvalue weighted by Gasteiger charge is -1.96. The standard InChI is InChI=1S/C13H9NO3S/c15-11(16)7-14-13(17)12-9-4-2-1-3-8(9)5-6-10(12)18-14/h1-6H,7H2,(H,15,16). The number of carboxylic acid groups (broad SMARTS) is 1. The first-order chi connectivity index (χ1) is 8.66. The maximum absolute atomic E-state index is 12.2. The number of hydrogen-bond acceptors (Lipinski definition) is 3. The summed E-state index contributed by atoms with van der Waals surface area (Å²) in [7, 11) is 0. The second-order valence-corrected chi connectivity index (χ2v) is 5.05. The molecule has 0 saturated heterocycles. The zero-order chi connectivity index (χ0) is 12.7. The summed E-state index contributed by atoms with van der Waals surface area (Å²) < 4.78 is 2.10. The molecule has 0 amide bonds. The van der Waals surface area contributed by atoms with E-state index in [4.69, 9.17) is 5.11 Å².